The second kappa shape index (κ2) is 7.54. The minimum atomic E-state index is -0.595. The fourth-order valence-electron chi connectivity index (χ4n) is 4.49. The number of hydrogen-bond acceptors (Lipinski definition) is 9. The average Bonchev–Trinajstić information content (AvgIpc) is 3.66. The predicted octanol–water partition coefficient (Wildman–Crippen LogP) is 2.67. The number of aromatic amines is 1. The Morgan fingerprint density at radius 2 is 1.75 bits per heavy atom. The molecule has 3 aromatic heterocycles. The van der Waals surface area contributed by atoms with E-state index < -0.39 is 11.2 Å². The van der Waals surface area contributed by atoms with E-state index in [9.17, 15) is 9.59 Å². The number of aromatic nitrogens is 5. The first kappa shape index (κ1) is 20.4. The summed E-state index contributed by atoms with van der Waals surface area (Å²) in [5, 5.41) is 4.32. The Hall–Kier alpha value is -4.93. The molecule has 0 unspecified atom stereocenters. The van der Waals surface area contributed by atoms with Crippen molar-refractivity contribution >= 4 is 11.0 Å². The Bertz CT molecular complexity index is 1820. The second-order valence-corrected chi connectivity index (χ2v) is 8.48. The molecule has 11 heteroatoms. The van der Waals surface area contributed by atoms with Crippen LogP contribution in [0.25, 0.3) is 45.1 Å². The summed E-state index contributed by atoms with van der Waals surface area (Å²) in [6.07, 6.45) is 0.811. The molecule has 0 bridgehead atoms. The van der Waals surface area contributed by atoms with Crippen molar-refractivity contribution in [1.29, 1.82) is 0 Å². The molecule has 178 valence electrons. The molecular weight excluding hydrogens is 466 g/mol. The number of H-pyrrole nitrogens is 1. The number of nitrogens with zero attached hydrogens (tertiary/aromatic N) is 4. The van der Waals surface area contributed by atoms with Gasteiger partial charge < -0.3 is 18.7 Å². The molecular formula is C25H17N5O6. The van der Waals surface area contributed by atoms with Crippen molar-refractivity contribution in [3.8, 4) is 51.3 Å². The standard InChI is InChI=1S/C25H17N5O6/c1-30-22-20(23(31)28-25(30)32)15(10-16(26-22)12-2-5-18-19(9-12)35-11-34-18)24-27-21(29-36-24)14-3-4-17-13(8-14)6-7-33-17/h2-5,8-10H,6-7,11H2,1H3,(H,28,31,32). The van der Waals surface area contributed by atoms with Gasteiger partial charge in [-0.15, -0.1) is 0 Å². The van der Waals surface area contributed by atoms with Gasteiger partial charge in [0, 0.05) is 24.6 Å². The Balaban J connectivity index is 1.43. The highest BCUT2D eigenvalue weighted by molar-refractivity contribution is 5.92. The van der Waals surface area contributed by atoms with E-state index in [-0.39, 0.29) is 23.7 Å². The van der Waals surface area contributed by atoms with Gasteiger partial charge in [-0.3, -0.25) is 14.3 Å². The molecule has 0 amide bonds. The maximum absolute atomic E-state index is 12.9. The van der Waals surface area contributed by atoms with Gasteiger partial charge in [0.25, 0.3) is 11.4 Å². The number of fused-ring (bicyclic) bond motifs is 3. The Morgan fingerprint density at radius 1 is 0.917 bits per heavy atom. The zero-order valence-electron chi connectivity index (χ0n) is 18.9. The first-order chi connectivity index (χ1) is 17.5. The first-order valence-corrected chi connectivity index (χ1v) is 11.2. The van der Waals surface area contributed by atoms with Gasteiger partial charge in [0.15, 0.2) is 17.1 Å². The largest absolute Gasteiger partial charge is 0.493 e. The summed E-state index contributed by atoms with van der Waals surface area (Å²) in [7, 11) is 1.53. The number of nitrogens with one attached hydrogen (secondary N) is 1. The zero-order valence-corrected chi connectivity index (χ0v) is 18.9. The number of aryl methyl sites for hydroxylation is 1. The van der Waals surface area contributed by atoms with E-state index in [0.717, 1.165) is 23.3 Å². The summed E-state index contributed by atoms with van der Waals surface area (Å²) in [5.74, 6) is 2.56. The SMILES string of the molecule is Cn1c(=O)[nH]c(=O)c2c(-c3nc(-c4ccc5c(c4)CCO5)no3)cc(-c3ccc4c(c3)OCO4)nc21. The molecule has 5 heterocycles. The Labute approximate surface area is 201 Å². The van der Waals surface area contributed by atoms with E-state index in [1.165, 1.54) is 11.6 Å². The molecule has 11 nitrogen and oxygen atoms in total. The fourth-order valence-corrected chi connectivity index (χ4v) is 4.49. The van der Waals surface area contributed by atoms with Crippen molar-refractivity contribution in [3.63, 3.8) is 0 Å². The molecule has 0 fully saturated rings. The van der Waals surface area contributed by atoms with Crippen LogP contribution < -0.4 is 25.5 Å². The second-order valence-electron chi connectivity index (χ2n) is 8.48. The van der Waals surface area contributed by atoms with E-state index in [0.29, 0.717) is 40.8 Å². The van der Waals surface area contributed by atoms with Crippen molar-refractivity contribution in [2.75, 3.05) is 13.4 Å². The van der Waals surface area contributed by atoms with Crippen molar-refractivity contribution in [3.05, 3.63) is 68.9 Å². The maximum Gasteiger partial charge on any atom is 0.329 e. The molecule has 0 spiro atoms. The summed E-state index contributed by atoms with van der Waals surface area (Å²) in [6.45, 7) is 0.780. The number of pyridine rings is 1. The zero-order chi connectivity index (χ0) is 24.4. The summed E-state index contributed by atoms with van der Waals surface area (Å²) in [5.41, 5.74) is 2.40. The Morgan fingerprint density at radius 3 is 2.67 bits per heavy atom. The lowest BCUT2D eigenvalue weighted by atomic mass is 10.1. The van der Waals surface area contributed by atoms with E-state index >= 15 is 0 Å². The molecule has 1 N–H and O–H groups in total. The highest BCUT2D eigenvalue weighted by Crippen LogP contribution is 2.37. The van der Waals surface area contributed by atoms with Gasteiger partial charge in [0.2, 0.25) is 12.6 Å². The smallest absolute Gasteiger partial charge is 0.329 e. The molecule has 2 aromatic carbocycles. The summed E-state index contributed by atoms with van der Waals surface area (Å²) < 4.78 is 23.4. The highest BCUT2D eigenvalue weighted by atomic mass is 16.7. The molecule has 5 aromatic rings. The summed E-state index contributed by atoms with van der Waals surface area (Å²) in [4.78, 5) is 36.8. The van der Waals surface area contributed by atoms with Gasteiger partial charge in [-0.2, -0.15) is 4.98 Å². The fraction of sp³-hybridized carbons (Fsp3) is 0.160. The van der Waals surface area contributed by atoms with E-state index in [1.807, 2.05) is 24.3 Å². The minimum absolute atomic E-state index is 0.125. The van der Waals surface area contributed by atoms with Gasteiger partial charge >= 0.3 is 5.69 Å². The molecule has 0 aliphatic carbocycles. The van der Waals surface area contributed by atoms with Gasteiger partial charge in [-0.05, 0) is 48.0 Å². The predicted molar refractivity (Wildman–Crippen MR) is 127 cm³/mol. The molecule has 2 aliphatic rings. The number of benzene rings is 2. The third kappa shape index (κ3) is 3.09. The average molecular weight is 483 g/mol. The molecule has 36 heavy (non-hydrogen) atoms. The van der Waals surface area contributed by atoms with Gasteiger partial charge in [0.05, 0.1) is 23.3 Å². The molecule has 0 saturated carbocycles. The third-order valence-electron chi connectivity index (χ3n) is 6.34. The molecule has 0 saturated heterocycles. The summed E-state index contributed by atoms with van der Waals surface area (Å²) in [6, 6.07) is 12.8. The molecule has 7 rings (SSSR count). The van der Waals surface area contributed by atoms with Crippen LogP contribution in [0.15, 0.2) is 56.6 Å². The third-order valence-corrected chi connectivity index (χ3v) is 6.34. The van der Waals surface area contributed by atoms with Crippen LogP contribution in [0.5, 0.6) is 17.2 Å². The lowest BCUT2D eigenvalue weighted by Crippen LogP contribution is -2.29. The maximum atomic E-state index is 12.9. The van der Waals surface area contributed by atoms with Crippen molar-refractivity contribution in [1.82, 2.24) is 24.7 Å². The lowest BCUT2D eigenvalue weighted by molar-refractivity contribution is 0.174. The highest BCUT2D eigenvalue weighted by Gasteiger charge is 2.22. The monoisotopic (exact) mass is 483 g/mol. The number of ether oxygens (including phenoxy) is 3. The van der Waals surface area contributed by atoms with Crippen LogP contribution in [0.3, 0.4) is 0 Å². The number of rotatable bonds is 3. The van der Waals surface area contributed by atoms with E-state index in [4.69, 9.17) is 18.7 Å². The van der Waals surface area contributed by atoms with Crippen molar-refractivity contribution < 1.29 is 18.7 Å². The normalized spacial score (nSPS) is 13.7. The summed E-state index contributed by atoms with van der Waals surface area (Å²) >= 11 is 0. The van der Waals surface area contributed by atoms with E-state index in [2.05, 4.69) is 20.1 Å². The van der Waals surface area contributed by atoms with Crippen molar-refractivity contribution in [2.45, 2.75) is 6.42 Å². The van der Waals surface area contributed by atoms with Crippen LogP contribution in [-0.4, -0.2) is 38.1 Å². The van der Waals surface area contributed by atoms with Gasteiger partial charge in [-0.1, -0.05) is 5.16 Å². The number of hydrogen-bond donors (Lipinski definition) is 1. The van der Waals surface area contributed by atoms with Crippen LogP contribution in [0.1, 0.15) is 5.56 Å². The quantitative estimate of drug-likeness (QED) is 0.411. The first-order valence-electron chi connectivity index (χ1n) is 11.2. The van der Waals surface area contributed by atoms with Crippen molar-refractivity contribution in [2.24, 2.45) is 7.05 Å². The molecule has 0 radical (unpaired) electrons. The Kier molecular flexibility index (Phi) is 4.28. The van der Waals surface area contributed by atoms with Gasteiger partial charge in [0.1, 0.15) is 5.75 Å². The molecule has 0 atom stereocenters. The lowest BCUT2D eigenvalue weighted by Gasteiger charge is -2.10. The van der Waals surface area contributed by atoms with E-state index in [1.54, 1.807) is 18.2 Å². The minimum Gasteiger partial charge on any atom is -0.493 e. The van der Waals surface area contributed by atoms with Crippen LogP contribution >= 0.6 is 0 Å². The van der Waals surface area contributed by atoms with Crippen LogP contribution in [0.4, 0.5) is 0 Å². The van der Waals surface area contributed by atoms with Crippen LogP contribution in [0, 0.1) is 0 Å². The van der Waals surface area contributed by atoms with Crippen LogP contribution in [-0.2, 0) is 13.5 Å². The molecule has 2 aliphatic heterocycles. The van der Waals surface area contributed by atoms with Gasteiger partial charge in [-0.25, -0.2) is 9.78 Å². The van der Waals surface area contributed by atoms with Crippen LogP contribution in [0.2, 0.25) is 0 Å². The topological polar surface area (TPSA) is 134 Å².